The Hall–Kier alpha value is -1.56. The van der Waals surface area contributed by atoms with Gasteiger partial charge >= 0.3 is 23.5 Å². The smallest absolute Gasteiger partial charge is 0.394 e. The molecule has 0 bridgehead atoms. The fourth-order valence-electron chi connectivity index (χ4n) is 5.97. The molecular weight excluding hydrogens is 715 g/mol. The molecule has 9 atom stereocenters. The van der Waals surface area contributed by atoms with Gasteiger partial charge in [-0.1, -0.05) is 19.3 Å². The molecular formula is C22H36N5O18P3. The zero-order valence-electron chi connectivity index (χ0n) is 24.7. The number of rotatable bonds is 13. The Morgan fingerprint density at radius 1 is 0.792 bits per heavy atom. The first kappa shape index (κ1) is 37.7. The number of ether oxygens (including phenoxy) is 3. The molecule has 272 valence electrons. The average molecular weight is 751 g/mol. The molecule has 10 N–H and O–H groups in total. The summed E-state index contributed by atoms with van der Waals surface area (Å²) in [6, 6.07) is 0.127. The SMILES string of the molecule is O=P(O)(O)O[C@@H]1[C@@H](O)[C@@H](O[C@H]2[C@@H](OP(=O)(O)O)[C@H](n3cnc4c(NC5CCCCC5)ncnc43)O[C@@H]2CO)O[C@H](CO)[C@H]1OP(=O)(O)O. The van der Waals surface area contributed by atoms with Crippen LogP contribution in [0.3, 0.4) is 0 Å². The van der Waals surface area contributed by atoms with Crippen LogP contribution in [-0.4, -0.2) is 132 Å². The molecule has 2 aliphatic heterocycles. The van der Waals surface area contributed by atoms with Gasteiger partial charge in [-0.05, 0) is 12.8 Å². The molecule has 23 nitrogen and oxygen atoms in total. The van der Waals surface area contributed by atoms with Crippen molar-refractivity contribution < 1.29 is 86.2 Å². The van der Waals surface area contributed by atoms with Crippen LogP contribution in [0.25, 0.3) is 11.2 Å². The maximum absolute atomic E-state index is 12.1. The molecule has 5 rings (SSSR count). The molecule has 0 spiro atoms. The number of nitrogens with zero attached hydrogens (tertiary/aromatic N) is 4. The minimum Gasteiger partial charge on any atom is -0.394 e. The fraction of sp³-hybridized carbons (Fsp3) is 0.773. The van der Waals surface area contributed by atoms with Crippen LogP contribution in [0.2, 0.25) is 0 Å². The van der Waals surface area contributed by atoms with Crippen LogP contribution < -0.4 is 5.32 Å². The van der Waals surface area contributed by atoms with Gasteiger partial charge in [0, 0.05) is 6.04 Å². The molecule has 26 heteroatoms. The van der Waals surface area contributed by atoms with Crippen molar-refractivity contribution in [1.29, 1.82) is 0 Å². The van der Waals surface area contributed by atoms with Crippen molar-refractivity contribution in [2.24, 2.45) is 0 Å². The normalized spacial score (nSPS) is 32.6. The summed E-state index contributed by atoms with van der Waals surface area (Å²) in [4.78, 5) is 69.9. The Kier molecular flexibility index (Phi) is 11.7. The van der Waals surface area contributed by atoms with E-state index in [-0.39, 0.29) is 17.2 Å². The monoisotopic (exact) mass is 751 g/mol. The highest BCUT2D eigenvalue weighted by Gasteiger charge is 2.56. The van der Waals surface area contributed by atoms with Crippen LogP contribution in [0.4, 0.5) is 5.82 Å². The van der Waals surface area contributed by atoms with Gasteiger partial charge in [-0.2, -0.15) is 0 Å². The van der Waals surface area contributed by atoms with Crippen LogP contribution in [0.15, 0.2) is 12.7 Å². The molecule has 48 heavy (non-hydrogen) atoms. The van der Waals surface area contributed by atoms with Gasteiger partial charge in [0.15, 0.2) is 29.5 Å². The van der Waals surface area contributed by atoms with E-state index in [9.17, 15) is 58.4 Å². The minimum absolute atomic E-state index is 0.127. The number of hydrogen-bond acceptors (Lipinski definition) is 16. The van der Waals surface area contributed by atoms with Gasteiger partial charge in [0.05, 0.1) is 19.5 Å². The van der Waals surface area contributed by atoms with Crippen LogP contribution in [0, 0.1) is 0 Å². The number of aliphatic hydroxyl groups is 3. The second kappa shape index (κ2) is 15.0. The maximum Gasteiger partial charge on any atom is 0.470 e. The van der Waals surface area contributed by atoms with Gasteiger partial charge in [0.25, 0.3) is 0 Å². The molecule has 0 radical (unpaired) electrons. The largest absolute Gasteiger partial charge is 0.470 e. The highest BCUT2D eigenvalue weighted by molar-refractivity contribution is 7.46. The van der Waals surface area contributed by atoms with E-state index >= 15 is 0 Å². The van der Waals surface area contributed by atoms with Crippen LogP contribution in [-0.2, 0) is 41.5 Å². The highest BCUT2D eigenvalue weighted by Crippen LogP contribution is 2.49. The van der Waals surface area contributed by atoms with Crippen molar-refractivity contribution in [2.75, 3.05) is 18.5 Å². The number of phosphoric ester groups is 3. The van der Waals surface area contributed by atoms with Gasteiger partial charge in [-0.25, -0.2) is 28.6 Å². The lowest BCUT2D eigenvalue weighted by Crippen LogP contribution is -2.61. The molecule has 0 aromatic carbocycles. The number of fused-ring (bicyclic) bond motifs is 1. The van der Waals surface area contributed by atoms with E-state index in [1.807, 2.05) is 0 Å². The molecule has 3 fully saturated rings. The number of phosphoric acid groups is 3. The summed E-state index contributed by atoms with van der Waals surface area (Å²) in [5.41, 5.74) is 0.406. The molecule has 1 saturated carbocycles. The number of nitrogens with one attached hydrogen (secondary N) is 1. The molecule has 4 heterocycles. The third-order valence-corrected chi connectivity index (χ3v) is 9.46. The summed E-state index contributed by atoms with van der Waals surface area (Å²) in [5.74, 6) is 0.388. The standard InChI is InChI=1S/C22H36N5O18P3/c28-6-11-15(42-22-14(30)17(44-47(34,35)36)16(12(7-29)41-22)43-46(31,32)33)18(45-48(37,38)39)21(40-11)27-9-25-13-19(23-8-24-20(13)27)26-10-4-2-1-3-5-10/h8-12,14-18,21-22,28-30H,1-7H2,(H,23,24,26)(H2,31,32,33)(H2,34,35,36)(H2,37,38,39)/t11-,12-,14-,15-,16-,17-,18-,21-,22-/m1/s1. The van der Waals surface area contributed by atoms with Crippen molar-refractivity contribution in [2.45, 2.75) is 93.4 Å². The molecule has 3 aliphatic rings. The molecule has 2 aromatic heterocycles. The lowest BCUT2D eigenvalue weighted by Gasteiger charge is -2.44. The van der Waals surface area contributed by atoms with E-state index < -0.39 is 91.9 Å². The summed E-state index contributed by atoms with van der Waals surface area (Å²) in [6.07, 6.45) is -9.95. The third kappa shape index (κ3) is 9.02. The summed E-state index contributed by atoms with van der Waals surface area (Å²) in [5, 5.41) is 34.4. The van der Waals surface area contributed by atoms with Gasteiger partial charge in [-0.3, -0.25) is 18.1 Å². The summed E-state index contributed by atoms with van der Waals surface area (Å²) >= 11 is 0. The first-order valence-electron chi connectivity index (χ1n) is 14.5. The second-order valence-corrected chi connectivity index (χ2v) is 14.8. The third-order valence-electron chi connectivity index (χ3n) is 7.91. The summed E-state index contributed by atoms with van der Waals surface area (Å²) in [7, 11) is -16.3. The topological polar surface area (TPSA) is 344 Å². The Labute approximate surface area is 270 Å². The van der Waals surface area contributed by atoms with Crippen molar-refractivity contribution >= 4 is 40.4 Å². The van der Waals surface area contributed by atoms with Crippen LogP contribution >= 0.6 is 23.5 Å². The van der Waals surface area contributed by atoms with E-state index in [0.29, 0.717) is 5.82 Å². The highest BCUT2D eigenvalue weighted by atomic mass is 31.2. The number of imidazole rings is 1. The van der Waals surface area contributed by atoms with E-state index in [1.54, 1.807) is 0 Å². The van der Waals surface area contributed by atoms with E-state index in [1.165, 1.54) is 17.2 Å². The molecule has 0 amide bonds. The second-order valence-electron chi connectivity index (χ2n) is 11.3. The summed E-state index contributed by atoms with van der Waals surface area (Å²) in [6.45, 7) is -2.00. The van der Waals surface area contributed by atoms with Crippen LogP contribution in [0.5, 0.6) is 0 Å². The lowest BCUT2D eigenvalue weighted by molar-refractivity contribution is -0.313. The average Bonchev–Trinajstić information content (AvgIpc) is 3.56. The minimum atomic E-state index is -5.52. The van der Waals surface area contributed by atoms with Crippen molar-refractivity contribution in [3.63, 3.8) is 0 Å². The quantitative estimate of drug-likeness (QED) is 0.103. The number of aliphatic hydroxyl groups excluding tert-OH is 3. The number of aromatic nitrogens is 4. The number of anilines is 1. The molecule has 2 saturated heterocycles. The molecule has 1 aliphatic carbocycles. The number of hydrogen-bond donors (Lipinski definition) is 10. The first-order chi connectivity index (χ1) is 22.5. The zero-order valence-corrected chi connectivity index (χ0v) is 27.4. The summed E-state index contributed by atoms with van der Waals surface area (Å²) < 4.78 is 67.8. The van der Waals surface area contributed by atoms with E-state index in [4.69, 9.17) is 18.7 Å². The van der Waals surface area contributed by atoms with Gasteiger partial charge in [0.2, 0.25) is 0 Å². The molecule has 2 aromatic rings. The van der Waals surface area contributed by atoms with E-state index in [2.05, 4.69) is 29.3 Å². The van der Waals surface area contributed by atoms with E-state index in [0.717, 1.165) is 32.1 Å². The Morgan fingerprint density at radius 2 is 1.38 bits per heavy atom. The van der Waals surface area contributed by atoms with Crippen molar-refractivity contribution in [1.82, 2.24) is 19.5 Å². The van der Waals surface area contributed by atoms with Crippen LogP contribution in [0.1, 0.15) is 38.3 Å². The van der Waals surface area contributed by atoms with Crippen molar-refractivity contribution in [3.8, 4) is 0 Å². The maximum atomic E-state index is 12.1. The Bertz CT molecular complexity index is 1550. The first-order valence-corrected chi connectivity index (χ1v) is 19.1. The Balaban J connectivity index is 1.47. The predicted molar refractivity (Wildman–Crippen MR) is 154 cm³/mol. The van der Waals surface area contributed by atoms with Gasteiger partial charge in [-0.15, -0.1) is 0 Å². The van der Waals surface area contributed by atoms with Gasteiger partial charge < -0.3 is 64.2 Å². The fourth-order valence-corrected chi connectivity index (χ4v) is 7.65. The Morgan fingerprint density at radius 3 is 1.98 bits per heavy atom. The van der Waals surface area contributed by atoms with Gasteiger partial charge in [0.1, 0.15) is 49.1 Å². The molecule has 0 unspecified atom stereocenters. The zero-order chi connectivity index (χ0) is 35.0. The predicted octanol–water partition coefficient (Wildman–Crippen LogP) is -1.64. The van der Waals surface area contributed by atoms with Crippen molar-refractivity contribution in [3.05, 3.63) is 12.7 Å². The lowest BCUT2D eigenvalue weighted by atomic mass is 9.95.